The van der Waals surface area contributed by atoms with Crippen LogP contribution in [-0.2, 0) is 13.0 Å². The van der Waals surface area contributed by atoms with E-state index in [1.165, 1.54) is 10.4 Å². The smallest absolute Gasteiger partial charge is 0.254 e. The van der Waals surface area contributed by atoms with Gasteiger partial charge in [-0.1, -0.05) is 6.07 Å². The maximum absolute atomic E-state index is 12.7. The summed E-state index contributed by atoms with van der Waals surface area (Å²) in [5.41, 5.74) is 10.7. The number of hydrogen-bond acceptors (Lipinski definition) is 3. The number of amides is 1. The second kappa shape index (κ2) is 4.94. The molecular formula is C16H18N2OS. The summed E-state index contributed by atoms with van der Waals surface area (Å²) in [5.74, 6) is 0.0889. The van der Waals surface area contributed by atoms with E-state index in [9.17, 15) is 4.79 Å². The largest absolute Gasteiger partial charge is 0.398 e. The van der Waals surface area contributed by atoms with Gasteiger partial charge in [-0.3, -0.25) is 4.79 Å². The van der Waals surface area contributed by atoms with Gasteiger partial charge in [0.05, 0.1) is 0 Å². The third-order valence-corrected chi connectivity index (χ3v) is 4.96. The van der Waals surface area contributed by atoms with Crippen LogP contribution in [0.1, 0.15) is 31.9 Å². The average molecular weight is 286 g/mol. The Bertz CT molecular complexity index is 675. The molecule has 0 aliphatic carbocycles. The molecule has 1 aliphatic rings. The lowest BCUT2D eigenvalue weighted by molar-refractivity contribution is 0.0735. The van der Waals surface area contributed by atoms with Crippen molar-refractivity contribution in [2.24, 2.45) is 0 Å². The lowest BCUT2D eigenvalue weighted by atomic mass is 10.0. The molecule has 4 heteroatoms. The normalized spacial score (nSPS) is 14.2. The second-order valence-corrected chi connectivity index (χ2v) is 6.37. The molecule has 1 aromatic heterocycles. The number of rotatable bonds is 1. The fourth-order valence-corrected chi connectivity index (χ4v) is 3.58. The van der Waals surface area contributed by atoms with E-state index >= 15 is 0 Å². The second-order valence-electron chi connectivity index (χ2n) is 5.37. The van der Waals surface area contributed by atoms with E-state index < -0.39 is 0 Å². The number of carbonyl (C=O) groups is 1. The number of anilines is 1. The zero-order valence-corrected chi connectivity index (χ0v) is 12.6. The first-order chi connectivity index (χ1) is 9.56. The Morgan fingerprint density at radius 1 is 1.30 bits per heavy atom. The Kier molecular flexibility index (Phi) is 3.26. The monoisotopic (exact) mass is 286 g/mol. The molecule has 1 amide bonds. The predicted octanol–water partition coefficient (Wildman–Crippen LogP) is 3.15. The van der Waals surface area contributed by atoms with Crippen molar-refractivity contribution in [3.05, 3.63) is 50.7 Å². The van der Waals surface area contributed by atoms with Crippen molar-refractivity contribution in [2.75, 3.05) is 12.3 Å². The highest BCUT2D eigenvalue weighted by atomic mass is 32.1. The summed E-state index contributed by atoms with van der Waals surface area (Å²) in [6.07, 6.45) is 0.957. The van der Waals surface area contributed by atoms with Crippen molar-refractivity contribution in [1.82, 2.24) is 4.90 Å². The third kappa shape index (κ3) is 2.20. The number of nitrogens with zero attached hydrogens (tertiary/aromatic N) is 1. The van der Waals surface area contributed by atoms with E-state index in [1.54, 1.807) is 11.3 Å². The summed E-state index contributed by atoms with van der Waals surface area (Å²) in [5, 5.41) is 2.10. The summed E-state index contributed by atoms with van der Waals surface area (Å²) in [7, 11) is 0. The van der Waals surface area contributed by atoms with Crippen molar-refractivity contribution in [2.45, 2.75) is 26.8 Å². The van der Waals surface area contributed by atoms with Crippen LogP contribution in [0.3, 0.4) is 0 Å². The van der Waals surface area contributed by atoms with Crippen molar-refractivity contribution >= 4 is 22.9 Å². The molecule has 2 heterocycles. The zero-order chi connectivity index (χ0) is 14.3. The number of hydrogen-bond donors (Lipinski definition) is 1. The first kappa shape index (κ1) is 13.2. The van der Waals surface area contributed by atoms with E-state index in [0.29, 0.717) is 12.2 Å². The van der Waals surface area contributed by atoms with Crippen LogP contribution in [-0.4, -0.2) is 17.4 Å². The van der Waals surface area contributed by atoms with Gasteiger partial charge in [-0.05, 0) is 54.5 Å². The summed E-state index contributed by atoms with van der Waals surface area (Å²) < 4.78 is 0. The molecule has 1 aliphatic heterocycles. The summed E-state index contributed by atoms with van der Waals surface area (Å²) in [4.78, 5) is 16.0. The number of carbonyl (C=O) groups excluding carboxylic acids is 1. The fraction of sp³-hybridized carbons (Fsp3) is 0.312. The number of nitrogen functional groups attached to an aromatic ring is 1. The Balaban J connectivity index is 1.89. The maximum atomic E-state index is 12.7. The molecule has 3 nitrogen and oxygen atoms in total. The van der Waals surface area contributed by atoms with Gasteiger partial charge in [-0.2, -0.15) is 0 Å². The number of aryl methyl sites for hydroxylation is 2. The maximum Gasteiger partial charge on any atom is 0.254 e. The van der Waals surface area contributed by atoms with Crippen molar-refractivity contribution < 1.29 is 4.79 Å². The first-order valence-electron chi connectivity index (χ1n) is 6.77. The van der Waals surface area contributed by atoms with Gasteiger partial charge in [0.25, 0.3) is 5.91 Å². The van der Waals surface area contributed by atoms with Gasteiger partial charge >= 0.3 is 0 Å². The SMILES string of the molecule is Cc1cc(C)c(C(=O)N2CCc3sccc3C2)cc1N. The van der Waals surface area contributed by atoms with E-state index in [-0.39, 0.29) is 5.91 Å². The Labute approximate surface area is 123 Å². The lowest BCUT2D eigenvalue weighted by Crippen LogP contribution is -2.35. The molecule has 0 fully saturated rings. The molecule has 2 aromatic rings. The Morgan fingerprint density at radius 2 is 2.10 bits per heavy atom. The minimum absolute atomic E-state index is 0.0889. The highest BCUT2D eigenvalue weighted by Crippen LogP contribution is 2.26. The lowest BCUT2D eigenvalue weighted by Gasteiger charge is -2.27. The highest BCUT2D eigenvalue weighted by molar-refractivity contribution is 7.10. The first-order valence-corrected chi connectivity index (χ1v) is 7.65. The molecule has 0 unspecified atom stereocenters. The van der Waals surface area contributed by atoms with Gasteiger partial charge in [-0.25, -0.2) is 0 Å². The number of thiophene rings is 1. The van der Waals surface area contributed by atoms with Crippen LogP contribution in [0.15, 0.2) is 23.6 Å². The van der Waals surface area contributed by atoms with E-state index in [1.807, 2.05) is 30.9 Å². The van der Waals surface area contributed by atoms with Crippen LogP contribution in [0.2, 0.25) is 0 Å². The number of nitrogens with two attached hydrogens (primary N) is 1. The van der Waals surface area contributed by atoms with Gasteiger partial charge in [-0.15, -0.1) is 11.3 Å². The topological polar surface area (TPSA) is 46.3 Å². The fourth-order valence-electron chi connectivity index (χ4n) is 2.69. The quantitative estimate of drug-likeness (QED) is 0.819. The van der Waals surface area contributed by atoms with Gasteiger partial charge in [0.1, 0.15) is 0 Å². The molecule has 0 spiro atoms. The molecule has 0 atom stereocenters. The molecule has 104 valence electrons. The van der Waals surface area contributed by atoms with Crippen LogP contribution in [0.4, 0.5) is 5.69 Å². The van der Waals surface area contributed by atoms with Crippen molar-refractivity contribution in [3.63, 3.8) is 0 Å². The zero-order valence-electron chi connectivity index (χ0n) is 11.8. The average Bonchev–Trinajstić information content (AvgIpc) is 2.89. The van der Waals surface area contributed by atoms with Crippen LogP contribution in [0.25, 0.3) is 0 Å². The standard InChI is InChI=1S/C16H18N2OS/c1-10-7-11(2)14(17)8-13(10)16(19)18-5-3-15-12(9-18)4-6-20-15/h4,6-8H,3,5,9,17H2,1-2H3. The van der Waals surface area contributed by atoms with E-state index in [4.69, 9.17) is 5.73 Å². The third-order valence-electron chi connectivity index (χ3n) is 3.94. The molecule has 0 radical (unpaired) electrons. The van der Waals surface area contributed by atoms with Crippen LogP contribution < -0.4 is 5.73 Å². The molecule has 0 saturated carbocycles. The minimum Gasteiger partial charge on any atom is -0.398 e. The molecule has 2 N–H and O–H groups in total. The Morgan fingerprint density at radius 3 is 2.90 bits per heavy atom. The van der Waals surface area contributed by atoms with E-state index in [2.05, 4.69) is 11.4 Å². The molecule has 0 bridgehead atoms. The van der Waals surface area contributed by atoms with Crippen LogP contribution >= 0.6 is 11.3 Å². The van der Waals surface area contributed by atoms with Crippen LogP contribution in [0, 0.1) is 13.8 Å². The van der Waals surface area contributed by atoms with E-state index in [0.717, 1.165) is 29.7 Å². The molecular weight excluding hydrogens is 268 g/mol. The summed E-state index contributed by atoms with van der Waals surface area (Å²) in [6.45, 7) is 5.44. The number of fused-ring (bicyclic) bond motifs is 1. The van der Waals surface area contributed by atoms with Gasteiger partial charge in [0, 0.05) is 29.2 Å². The minimum atomic E-state index is 0.0889. The summed E-state index contributed by atoms with van der Waals surface area (Å²) in [6, 6.07) is 5.93. The van der Waals surface area contributed by atoms with Gasteiger partial charge < -0.3 is 10.6 Å². The molecule has 20 heavy (non-hydrogen) atoms. The highest BCUT2D eigenvalue weighted by Gasteiger charge is 2.23. The number of benzene rings is 1. The summed E-state index contributed by atoms with van der Waals surface area (Å²) >= 11 is 1.78. The van der Waals surface area contributed by atoms with Crippen LogP contribution in [0.5, 0.6) is 0 Å². The predicted molar refractivity (Wildman–Crippen MR) is 83.1 cm³/mol. The Hall–Kier alpha value is -1.81. The van der Waals surface area contributed by atoms with Gasteiger partial charge in [0.2, 0.25) is 0 Å². The molecule has 0 saturated heterocycles. The molecule has 1 aromatic carbocycles. The van der Waals surface area contributed by atoms with Crippen molar-refractivity contribution in [3.8, 4) is 0 Å². The molecule has 3 rings (SSSR count). The van der Waals surface area contributed by atoms with Crippen molar-refractivity contribution in [1.29, 1.82) is 0 Å². The van der Waals surface area contributed by atoms with Gasteiger partial charge in [0.15, 0.2) is 0 Å².